The fraction of sp³-hybridized carbons (Fsp3) is 0.0833. The number of hydrogen-bond acceptors (Lipinski definition) is 5. The van der Waals surface area contributed by atoms with E-state index in [9.17, 15) is 14.7 Å². The number of nitrogens with zero attached hydrogens (tertiary/aromatic N) is 1. The lowest BCUT2D eigenvalue weighted by molar-refractivity contribution is -0.135. The van der Waals surface area contributed by atoms with Crippen LogP contribution in [0.1, 0.15) is 10.5 Å². The molecule has 1 heterocycles. The highest BCUT2D eigenvalue weighted by atomic mass is 16.4. The van der Waals surface area contributed by atoms with Crippen LogP contribution >= 0.6 is 0 Å². The molecule has 0 unspecified atom stereocenters. The van der Waals surface area contributed by atoms with Crippen LogP contribution in [0, 0.1) is 0 Å². The van der Waals surface area contributed by atoms with Crippen molar-refractivity contribution in [3.05, 3.63) is 30.1 Å². The fourth-order valence-corrected chi connectivity index (χ4v) is 1.62. The largest absolute Gasteiger partial charge is 0.505 e. The van der Waals surface area contributed by atoms with Gasteiger partial charge in [0.15, 0.2) is 11.4 Å². The van der Waals surface area contributed by atoms with Gasteiger partial charge in [0.1, 0.15) is 6.54 Å². The fourth-order valence-electron chi connectivity index (χ4n) is 1.62. The van der Waals surface area contributed by atoms with Crippen molar-refractivity contribution in [2.45, 2.75) is 0 Å². The summed E-state index contributed by atoms with van der Waals surface area (Å²) in [5.74, 6) is -2.27. The smallest absolute Gasteiger partial charge is 0.322 e. The van der Waals surface area contributed by atoms with Gasteiger partial charge in [0.2, 0.25) is 0 Å². The molecule has 0 saturated carbocycles. The Balaban J connectivity index is 2.41. The van der Waals surface area contributed by atoms with E-state index in [1.165, 1.54) is 12.3 Å². The van der Waals surface area contributed by atoms with Crippen LogP contribution in [-0.2, 0) is 4.79 Å². The zero-order valence-corrected chi connectivity index (χ0v) is 9.75. The number of amides is 1. The molecule has 0 aliphatic rings. The number of pyridine rings is 1. The van der Waals surface area contributed by atoms with Crippen molar-refractivity contribution in [3.63, 3.8) is 0 Å². The number of rotatable bonds is 3. The summed E-state index contributed by atoms with van der Waals surface area (Å²) in [6.07, 6.45) is 1.41. The average molecular weight is 261 g/mol. The molecule has 7 nitrogen and oxygen atoms in total. The Morgan fingerprint density at radius 3 is 2.79 bits per heavy atom. The summed E-state index contributed by atoms with van der Waals surface area (Å²) in [4.78, 5) is 25.9. The number of anilines is 1. The Morgan fingerprint density at radius 1 is 1.37 bits per heavy atom. The number of aliphatic carboxylic acids is 1. The van der Waals surface area contributed by atoms with Gasteiger partial charge in [-0.2, -0.15) is 0 Å². The van der Waals surface area contributed by atoms with Crippen LogP contribution in [0.3, 0.4) is 0 Å². The minimum Gasteiger partial charge on any atom is -0.505 e. The Labute approximate surface area is 107 Å². The number of fused-ring (bicyclic) bond motifs is 1. The van der Waals surface area contributed by atoms with E-state index >= 15 is 0 Å². The second-order valence-electron chi connectivity index (χ2n) is 3.88. The SMILES string of the molecule is Nc1ccc2cnc(C(=O)NCC(=O)O)c(O)c2c1. The van der Waals surface area contributed by atoms with Gasteiger partial charge in [-0.15, -0.1) is 0 Å². The van der Waals surface area contributed by atoms with Crippen LogP contribution in [0.25, 0.3) is 10.8 Å². The molecule has 98 valence electrons. The predicted molar refractivity (Wildman–Crippen MR) is 67.8 cm³/mol. The van der Waals surface area contributed by atoms with Gasteiger partial charge < -0.3 is 21.3 Å². The third kappa shape index (κ3) is 2.54. The maximum Gasteiger partial charge on any atom is 0.322 e. The van der Waals surface area contributed by atoms with Gasteiger partial charge in [-0.3, -0.25) is 9.59 Å². The first-order chi connectivity index (χ1) is 8.99. The summed E-state index contributed by atoms with van der Waals surface area (Å²) in [7, 11) is 0. The summed E-state index contributed by atoms with van der Waals surface area (Å²) < 4.78 is 0. The van der Waals surface area contributed by atoms with Crippen molar-refractivity contribution >= 4 is 28.3 Å². The molecular formula is C12H11N3O4. The van der Waals surface area contributed by atoms with Gasteiger partial charge in [-0.1, -0.05) is 6.07 Å². The minimum absolute atomic E-state index is 0.237. The van der Waals surface area contributed by atoms with Crippen molar-refractivity contribution in [1.82, 2.24) is 10.3 Å². The molecule has 1 aromatic carbocycles. The summed E-state index contributed by atoms with van der Waals surface area (Å²) in [5, 5.41) is 21.6. The lowest BCUT2D eigenvalue weighted by atomic mass is 10.1. The number of carboxylic acid groups (broad SMARTS) is 1. The topological polar surface area (TPSA) is 126 Å². The predicted octanol–water partition coefficient (Wildman–Crippen LogP) is 0.337. The number of carbonyl (C=O) groups is 2. The molecule has 2 rings (SSSR count). The van der Waals surface area contributed by atoms with E-state index in [0.29, 0.717) is 16.5 Å². The molecule has 0 atom stereocenters. The van der Waals surface area contributed by atoms with E-state index in [-0.39, 0.29) is 11.4 Å². The number of aromatic nitrogens is 1. The summed E-state index contributed by atoms with van der Waals surface area (Å²) >= 11 is 0. The van der Waals surface area contributed by atoms with E-state index in [1.807, 2.05) is 0 Å². The van der Waals surface area contributed by atoms with Crippen LogP contribution in [0.15, 0.2) is 24.4 Å². The molecule has 7 heteroatoms. The molecule has 0 fully saturated rings. The molecule has 19 heavy (non-hydrogen) atoms. The van der Waals surface area contributed by atoms with Crippen LogP contribution in [0.5, 0.6) is 5.75 Å². The molecule has 2 aromatic rings. The lowest BCUT2D eigenvalue weighted by Crippen LogP contribution is -2.29. The highest BCUT2D eigenvalue weighted by Gasteiger charge is 2.16. The van der Waals surface area contributed by atoms with Crippen molar-refractivity contribution < 1.29 is 19.8 Å². The van der Waals surface area contributed by atoms with E-state index < -0.39 is 18.4 Å². The molecule has 1 aromatic heterocycles. The number of nitrogen functional groups attached to an aromatic ring is 1. The van der Waals surface area contributed by atoms with E-state index in [2.05, 4.69) is 10.3 Å². The van der Waals surface area contributed by atoms with Crippen molar-refractivity contribution in [3.8, 4) is 5.75 Å². The first-order valence-electron chi connectivity index (χ1n) is 5.36. The van der Waals surface area contributed by atoms with E-state index in [0.717, 1.165) is 0 Å². The molecule has 0 spiro atoms. The van der Waals surface area contributed by atoms with Crippen LogP contribution in [0.4, 0.5) is 5.69 Å². The number of carbonyl (C=O) groups excluding carboxylic acids is 1. The Bertz CT molecular complexity index is 669. The molecule has 0 aliphatic carbocycles. The summed E-state index contributed by atoms with van der Waals surface area (Å²) in [6, 6.07) is 4.82. The highest BCUT2D eigenvalue weighted by molar-refractivity contribution is 6.02. The molecular weight excluding hydrogens is 250 g/mol. The molecule has 0 aliphatic heterocycles. The van der Waals surface area contributed by atoms with Crippen molar-refractivity contribution in [1.29, 1.82) is 0 Å². The lowest BCUT2D eigenvalue weighted by Gasteiger charge is -2.07. The highest BCUT2D eigenvalue weighted by Crippen LogP contribution is 2.28. The third-order valence-electron chi connectivity index (χ3n) is 2.50. The second-order valence-corrected chi connectivity index (χ2v) is 3.88. The van der Waals surface area contributed by atoms with Gasteiger partial charge in [-0.05, 0) is 12.1 Å². The Kier molecular flexibility index (Phi) is 3.19. The first-order valence-corrected chi connectivity index (χ1v) is 5.36. The number of aromatic hydroxyl groups is 1. The molecule has 5 N–H and O–H groups in total. The van der Waals surface area contributed by atoms with Gasteiger partial charge in [0, 0.05) is 22.7 Å². The maximum absolute atomic E-state index is 11.7. The minimum atomic E-state index is -1.18. The monoisotopic (exact) mass is 261 g/mol. The zero-order chi connectivity index (χ0) is 14.0. The summed E-state index contributed by atoms with van der Waals surface area (Å²) in [6.45, 7) is -0.547. The van der Waals surface area contributed by atoms with Gasteiger partial charge >= 0.3 is 5.97 Å². The van der Waals surface area contributed by atoms with Gasteiger partial charge in [-0.25, -0.2) is 4.98 Å². The Morgan fingerprint density at radius 2 is 2.11 bits per heavy atom. The number of nitrogens with one attached hydrogen (secondary N) is 1. The summed E-state index contributed by atoms with van der Waals surface area (Å²) in [5.41, 5.74) is 5.81. The van der Waals surface area contributed by atoms with Crippen molar-refractivity contribution in [2.75, 3.05) is 12.3 Å². The zero-order valence-electron chi connectivity index (χ0n) is 9.75. The van der Waals surface area contributed by atoms with Crippen LogP contribution < -0.4 is 11.1 Å². The number of nitrogens with two attached hydrogens (primary N) is 1. The van der Waals surface area contributed by atoms with Crippen molar-refractivity contribution in [2.24, 2.45) is 0 Å². The number of carboxylic acids is 1. The molecule has 0 radical (unpaired) electrons. The Hall–Kier alpha value is -2.83. The van der Waals surface area contributed by atoms with Crippen LogP contribution in [-0.4, -0.2) is 33.6 Å². The number of hydrogen-bond donors (Lipinski definition) is 4. The standard InChI is InChI=1S/C12H11N3O4/c13-7-2-1-6-4-14-10(11(18)8(6)3-7)12(19)15-5-9(16)17/h1-4,18H,5,13H2,(H,15,19)(H,16,17). The van der Waals surface area contributed by atoms with E-state index in [1.54, 1.807) is 12.1 Å². The van der Waals surface area contributed by atoms with E-state index in [4.69, 9.17) is 10.8 Å². The molecule has 1 amide bonds. The average Bonchev–Trinajstić information content (AvgIpc) is 2.37. The number of benzene rings is 1. The van der Waals surface area contributed by atoms with Gasteiger partial charge in [0.25, 0.3) is 5.91 Å². The molecule has 0 bridgehead atoms. The van der Waals surface area contributed by atoms with Crippen LogP contribution in [0.2, 0.25) is 0 Å². The molecule has 0 saturated heterocycles. The second kappa shape index (κ2) is 4.81. The van der Waals surface area contributed by atoms with Gasteiger partial charge in [0.05, 0.1) is 0 Å². The first kappa shape index (κ1) is 12.6. The maximum atomic E-state index is 11.7. The quantitative estimate of drug-likeness (QED) is 0.590. The normalized spacial score (nSPS) is 10.3. The third-order valence-corrected chi connectivity index (χ3v) is 2.50.